The highest BCUT2D eigenvalue weighted by atomic mass is 16.5. The minimum atomic E-state index is -0.875. The number of carbonyl (C=O) groups excluding carboxylic acids is 2. The van der Waals surface area contributed by atoms with Crippen LogP contribution in [0.1, 0.15) is 30.6 Å². The average molecular weight is 280 g/mol. The third-order valence-corrected chi connectivity index (χ3v) is 2.71. The van der Waals surface area contributed by atoms with Crippen molar-refractivity contribution in [1.82, 2.24) is 5.32 Å². The van der Waals surface area contributed by atoms with Crippen LogP contribution >= 0.6 is 0 Å². The Labute approximate surface area is 118 Å². The van der Waals surface area contributed by atoms with Crippen molar-refractivity contribution in [2.24, 2.45) is 0 Å². The van der Waals surface area contributed by atoms with Gasteiger partial charge in [-0.3, -0.25) is 4.79 Å². The quantitative estimate of drug-likeness (QED) is 0.606. The number of nitrogen functional groups attached to an aromatic ring is 1. The molecule has 1 aromatic carbocycles. The summed E-state index contributed by atoms with van der Waals surface area (Å²) < 4.78 is 10.1. The number of amides is 1. The predicted octanol–water partition coefficient (Wildman–Crippen LogP) is 1.35. The molecule has 3 N–H and O–H groups in total. The summed E-state index contributed by atoms with van der Waals surface area (Å²) in [6, 6.07) is 4.80. The van der Waals surface area contributed by atoms with E-state index in [0.29, 0.717) is 12.3 Å². The number of ether oxygens (including phenoxy) is 2. The lowest BCUT2D eigenvalue weighted by Gasteiger charge is -2.14. The molecule has 110 valence electrons. The molecule has 6 nitrogen and oxygen atoms in total. The van der Waals surface area contributed by atoms with Crippen molar-refractivity contribution in [3.8, 4) is 5.75 Å². The lowest BCUT2D eigenvalue weighted by molar-refractivity contribution is -0.129. The van der Waals surface area contributed by atoms with E-state index in [-0.39, 0.29) is 17.2 Å². The number of esters is 1. The summed E-state index contributed by atoms with van der Waals surface area (Å²) in [6.07, 6.45) is -0.0606. The summed E-state index contributed by atoms with van der Waals surface area (Å²) in [5.41, 5.74) is 6.18. The summed E-state index contributed by atoms with van der Waals surface area (Å²) in [4.78, 5) is 23.6. The highest BCUT2D eigenvalue weighted by Crippen LogP contribution is 2.25. The van der Waals surface area contributed by atoms with Gasteiger partial charge in [0.15, 0.2) is 6.10 Å². The van der Waals surface area contributed by atoms with Gasteiger partial charge in [0.1, 0.15) is 5.75 Å². The monoisotopic (exact) mass is 280 g/mol. The van der Waals surface area contributed by atoms with Gasteiger partial charge in [0, 0.05) is 6.54 Å². The Kier molecular flexibility index (Phi) is 5.83. The van der Waals surface area contributed by atoms with Crippen LogP contribution in [-0.4, -0.2) is 31.6 Å². The van der Waals surface area contributed by atoms with Gasteiger partial charge in [-0.05, 0) is 25.5 Å². The molecule has 1 atom stereocenters. The third-order valence-electron chi connectivity index (χ3n) is 2.71. The van der Waals surface area contributed by atoms with Crippen LogP contribution in [0.2, 0.25) is 0 Å². The van der Waals surface area contributed by atoms with Gasteiger partial charge in [-0.15, -0.1) is 0 Å². The lowest BCUT2D eigenvalue weighted by Crippen LogP contribution is -2.36. The number of rotatable bonds is 6. The zero-order valence-corrected chi connectivity index (χ0v) is 11.9. The highest BCUT2D eigenvalue weighted by Gasteiger charge is 2.21. The molecule has 0 saturated carbocycles. The molecule has 0 aliphatic heterocycles. The molecule has 0 bridgehead atoms. The Morgan fingerprint density at radius 2 is 2.10 bits per heavy atom. The molecule has 1 amide bonds. The van der Waals surface area contributed by atoms with E-state index < -0.39 is 12.1 Å². The maximum absolute atomic E-state index is 12.0. The molecule has 0 saturated heterocycles. The minimum absolute atomic E-state index is 0.180. The van der Waals surface area contributed by atoms with Gasteiger partial charge in [-0.2, -0.15) is 0 Å². The van der Waals surface area contributed by atoms with Gasteiger partial charge < -0.3 is 20.5 Å². The summed E-state index contributed by atoms with van der Waals surface area (Å²) in [6.45, 7) is 4.00. The fourth-order valence-corrected chi connectivity index (χ4v) is 1.57. The number of nitrogens with two attached hydrogens (primary N) is 1. The van der Waals surface area contributed by atoms with Crippen LogP contribution in [0.4, 0.5) is 5.69 Å². The zero-order valence-electron chi connectivity index (χ0n) is 11.9. The Morgan fingerprint density at radius 1 is 1.40 bits per heavy atom. The van der Waals surface area contributed by atoms with Crippen molar-refractivity contribution in [2.45, 2.75) is 26.4 Å². The number of carbonyl (C=O) groups is 2. The van der Waals surface area contributed by atoms with Crippen LogP contribution in [0.5, 0.6) is 5.75 Å². The maximum atomic E-state index is 12.0. The molecule has 0 aromatic heterocycles. The van der Waals surface area contributed by atoms with E-state index >= 15 is 0 Å². The first-order chi connectivity index (χ1) is 9.51. The summed E-state index contributed by atoms with van der Waals surface area (Å²) in [7, 11) is 1.46. The first-order valence-corrected chi connectivity index (χ1v) is 6.42. The molecule has 0 fully saturated rings. The van der Waals surface area contributed by atoms with Gasteiger partial charge in [-0.1, -0.05) is 13.0 Å². The second kappa shape index (κ2) is 7.37. The van der Waals surface area contributed by atoms with Crippen molar-refractivity contribution < 1.29 is 19.1 Å². The van der Waals surface area contributed by atoms with Crippen LogP contribution < -0.4 is 15.8 Å². The van der Waals surface area contributed by atoms with E-state index in [1.165, 1.54) is 20.1 Å². The maximum Gasteiger partial charge on any atom is 0.341 e. The summed E-state index contributed by atoms with van der Waals surface area (Å²) in [5, 5.41) is 2.65. The van der Waals surface area contributed by atoms with Crippen molar-refractivity contribution >= 4 is 17.6 Å². The minimum Gasteiger partial charge on any atom is -0.495 e. The Bertz CT molecular complexity index is 488. The molecular weight excluding hydrogens is 260 g/mol. The number of nitrogens with one attached hydrogen (secondary N) is 1. The van der Waals surface area contributed by atoms with Gasteiger partial charge in [0.25, 0.3) is 5.91 Å². The SMILES string of the molecule is CCCNC(=O)C(C)OC(=O)c1cccc(OC)c1N. The molecular formula is C14H20N2O4. The van der Waals surface area contributed by atoms with Crippen LogP contribution in [0.15, 0.2) is 18.2 Å². The molecule has 20 heavy (non-hydrogen) atoms. The topological polar surface area (TPSA) is 90.6 Å². The molecule has 0 aliphatic carbocycles. The van der Waals surface area contributed by atoms with E-state index in [1.54, 1.807) is 12.1 Å². The Hall–Kier alpha value is -2.24. The van der Waals surface area contributed by atoms with Crippen LogP contribution in [0.3, 0.4) is 0 Å². The average Bonchev–Trinajstić information content (AvgIpc) is 2.44. The first-order valence-electron chi connectivity index (χ1n) is 6.42. The zero-order chi connectivity index (χ0) is 15.1. The van der Waals surface area contributed by atoms with E-state index in [2.05, 4.69) is 5.32 Å². The van der Waals surface area contributed by atoms with Gasteiger partial charge >= 0.3 is 5.97 Å². The van der Waals surface area contributed by atoms with Crippen LogP contribution in [-0.2, 0) is 9.53 Å². The number of methoxy groups -OCH3 is 1. The van der Waals surface area contributed by atoms with Crippen molar-refractivity contribution in [1.29, 1.82) is 0 Å². The largest absolute Gasteiger partial charge is 0.495 e. The number of anilines is 1. The Morgan fingerprint density at radius 3 is 2.70 bits per heavy atom. The normalized spacial score (nSPS) is 11.6. The van der Waals surface area contributed by atoms with Crippen LogP contribution in [0, 0.1) is 0 Å². The molecule has 0 radical (unpaired) electrons. The fourth-order valence-electron chi connectivity index (χ4n) is 1.57. The van der Waals surface area contributed by atoms with E-state index in [0.717, 1.165) is 6.42 Å². The lowest BCUT2D eigenvalue weighted by atomic mass is 10.1. The van der Waals surface area contributed by atoms with Gasteiger partial charge in [0.2, 0.25) is 0 Å². The fraction of sp³-hybridized carbons (Fsp3) is 0.429. The summed E-state index contributed by atoms with van der Waals surface area (Å²) in [5.74, 6) is -0.593. The Balaban J connectivity index is 2.74. The molecule has 1 unspecified atom stereocenters. The molecule has 0 heterocycles. The number of hydrogen-bond donors (Lipinski definition) is 2. The van der Waals surface area contributed by atoms with E-state index in [9.17, 15) is 9.59 Å². The van der Waals surface area contributed by atoms with E-state index in [4.69, 9.17) is 15.2 Å². The molecule has 0 aliphatic rings. The molecule has 0 spiro atoms. The molecule has 6 heteroatoms. The first kappa shape index (κ1) is 15.8. The highest BCUT2D eigenvalue weighted by molar-refractivity contribution is 5.98. The predicted molar refractivity (Wildman–Crippen MR) is 75.6 cm³/mol. The van der Waals surface area contributed by atoms with E-state index in [1.807, 2.05) is 6.92 Å². The smallest absolute Gasteiger partial charge is 0.341 e. The van der Waals surface area contributed by atoms with Gasteiger partial charge in [-0.25, -0.2) is 4.79 Å². The van der Waals surface area contributed by atoms with Crippen LogP contribution in [0.25, 0.3) is 0 Å². The van der Waals surface area contributed by atoms with Crippen molar-refractivity contribution in [3.63, 3.8) is 0 Å². The van der Waals surface area contributed by atoms with Crippen molar-refractivity contribution in [2.75, 3.05) is 19.4 Å². The third kappa shape index (κ3) is 3.88. The number of para-hydroxylation sites is 1. The van der Waals surface area contributed by atoms with Gasteiger partial charge in [0.05, 0.1) is 18.4 Å². The molecule has 1 aromatic rings. The molecule has 1 rings (SSSR count). The standard InChI is InChI=1S/C14H20N2O4/c1-4-8-16-13(17)9(2)20-14(18)10-6-5-7-11(19-3)12(10)15/h5-7,9H,4,8,15H2,1-3H3,(H,16,17). The number of benzene rings is 1. The summed E-state index contributed by atoms with van der Waals surface area (Å²) >= 11 is 0. The number of hydrogen-bond acceptors (Lipinski definition) is 5. The van der Waals surface area contributed by atoms with Crippen molar-refractivity contribution in [3.05, 3.63) is 23.8 Å². The second-order valence-corrected chi connectivity index (χ2v) is 4.26. The second-order valence-electron chi connectivity index (χ2n) is 4.26.